The van der Waals surface area contributed by atoms with Gasteiger partial charge in [0.25, 0.3) is 0 Å². The topological polar surface area (TPSA) is 41.3 Å². The van der Waals surface area contributed by atoms with Gasteiger partial charge in [0, 0.05) is 17.4 Å². The molecular formula is C13H18F3N3. The van der Waals surface area contributed by atoms with E-state index >= 15 is 0 Å². The number of piperidine rings is 1. The van der Waals surface area contributed by atoms with E-state index in [4.69, 9.17) is 5.73 Å². The van der Waals surface area contributed by atoms with Gasteiger partial charge in [-0.15, -0.1) is 0 Å². The summed E-state index contributed by atoms with van der Waals surface area (Å²) in [5, 5.41) is 3.00. The Morgan fingerprint density at radius 2 is 1.89 bits per heavy atom. The fourth-order valence-corrected chi connectivity index (χ4v) is 2.30. The Morgan fingerprint density at radius 1 is 1.26 bits per heavy atom. The minimum Gasteiger partial charge on any atom is -0.399 e. The van der Waals surface area contributed by atoms with Crippen LogP contribution >= 0.6 is 0 Å². The number of halogens is 3. The average Bonchev–Trinajstić information content (AvgIpc) is 2.33. The molecule has 1 aliphatic heterocycles. The lowest BCUT2D eigenvalue weighted by atomic mass is 10.0. The third-order valence-electron chi connectivity index (χ3n) is 3.43. The van der Waals surface area contributed by atoms with E-state index in [1.165, 1.54) is 12.1 Å². The number of alkyl halides is 3. The molecule has 6 heteroatoms. The summed E-state index contributed by atoms with van der Waals surface area (Å²) in [6.45, 7) is 1.79. The Hall–Kier alpha value is -1.43. The van der Waals surface area contributed by atoms with E-state index in [1.807, 2.05) is 7.05 Å². The van der Waals surface area contributed by atoms with Crippen molar-refractivity contribution < 1.29 is 13.2 Å². The molecule has 2 rings (SSSR count). The van der Waals surface area contributed by atoms with Crippen molar-refractivity contribution in [3.8, 4) is 0 Å². The highest BCUT2D eigenvalue weighted by Crippen LogP contribution is 2.36. The van der Waals surface area contributed by atoms with Crippen molar-refractivity contribution in [2.24, 2.45) is 0 Å². The van der Waals surface area contributed by atoms with Gasteiger partial charge in [-0.2, -0.15) is 13.2 Å². The number of likely N-dealkylation sites (tertiary alicyclic amines) is 1. The SMILES string of the molecule is CN1CCC(Nc2ccc(N)cc2C(F)(F)F)CC1. The Kier molecular flexibility index (Phi) is 3.89. The van der Waals surface area contributed by atoms with Crippen LogP contribution in [-0.2, 0) is 6.18 Å². The molecule has 0 atom stereocenters. The molecule has 1 aliphatic rings. The molecule has 1 heterocycles. The summed E-state index contributed by atoms with van der Waals surface area (Å²) in [6, 6.07) is 3.97. The van der Waals surface area contributed by atoms with Crippen LogP contribution in [-0.4, -0.2) is 31.1 Å². The second kappa shape index (κ2) is 5.28. The third kappa shape index (κ3) is 3.53. The van der Waals surface area contributed by atoms with Crippen LogP contribution in [0.2, 0.25) is 0 Å². The second-order valence-electron chi connectivity index (χ2n) is 5.02. The number of hydrogen-bond acceptors (Lipinski definition) is 3. The minimum absolute atomic E-state index is 0.0842. The van der Waals surface area contributed by atoms with Gasteiger partial charge in [0.15, 0.2) is 0 Å². The second-order valence-corrected chi connectivity index (χ2v) is 5.02. The van der Waals surface area contributed by atoms with E-state index in [-0.39, 0.29) is 17.4 Å². The van der Waals surface area contributed by atoms with Crippen molar-refractivity contribution in [3.05, 3.63) is 23.8 Å². The summed E-state index contributed by atoms with van der Waals surface area (Å²) >= 11 is 0. The lowest BCUT2D eigenvalue weighted by Gasteiger charge is -2.31. The van der Waals surface area contributed by atoms with Crippen molar-refractivity contribution in [3.63, 3.8) is 0 Å². The van der Waals surface area contributed by atoms with Crippen molar-refractivity contribution in [2.75, 3.05) is 31.2 Å². The standard InChI is InChI=1S/C13H18F3N3/c1-19-6-4-10(5-7-19)18-12-3-2-9(17)8-11(12)13(14,15)16/h2-3,8,10,18H,4-7,17H2,1H3. The largest absolute Gasteiger partial charge is 0.418 e. The normalized spacial score (nSPS) is 18.5. The molecule has 0 radical (unpaired) electrons. The zero-order valence-corrected chi connectivity index (χ0v) is 10.8. The van der Waals surface area contributed by atoms with Crippen LogP contribution in [0.1, 0.15) is 18.4 Å². The van der Waals surface area contributed by atoms with Crippen molar-refractivity contribution >= 4 is 11.4 Å². The zero-order chi connectivity index (χ0) is 14.0. The fraction of sp³-hybridized carbons (Fsp3) is 0.538. The molecule has 19 heavy (non-hydrogen) atoms. The van der Waals surface area contributed by atoms with Gasteiger partial charge in [-0.05, 0) is 51.2 Å². The summed E-state index contributed by atoms with van der Waals surface area (Å²) in [5.74, 6) is 0. The van der Waals surface area contributed by atoms with Gasteiger partial charge in [-0.1, -0.05) is 0 Å². The summed E-state index contributed by atoms with van der Waals surface area (Å²) in [5.41, 5.74) is 5.00. The van der Waals surface area contributed by atoms with E-state index in [9.17, 15) is 13.2 Å². The molecule has 0 spiro atoms. The monoisotopic (exact) mass is 273 g/mol. The van der Waals surface area contributed by atoms with Crippen LogP contribution in [0.5, 0.6) is 0 Å². The maximum absolute atomic E-state index is 12.9. The zero-order valence-electron chi connectivity index (χ0n) is 10.8. The molecule has 0 aliphatic carbocycles. The number of nitrogen functional groups attached to an aromatic ring is 1. The van der Waals surface area contributed by atoms with E-state index in [0.29, 0.717) is 0 Å². The first-order valence-electron chi connectivity index (χ1n) is 6.28. The van der Waals surface area contributed by atoms with Gasteiger partial charge < -0.3 is 16.0 Å². The molecule has 1 aromatic carbocycles. The summed E-state index contributed by atoms with van der Waals surface area (Å²) in [7, 11) is 2.01. The first-order chi connectivity index (χ1) is 8.86. The molecular weight excluding hydrogens is 255 g/mol. The molecule has 0 aromatic heterocycles. The summed E-state index contributed by atoms with van der Waals surface area (Å²) in [6.07, 6.45) is -2.69. The third-order valence-corrected chi connectivity index (χ3v) is 3.43. The molecule has 106 valence electrons. The van der Waals surface area contributed by atoms with E-state index in [0.717, 1.165) is 32.0 Å². The summed E-state index contributed by atoms with van der Waals surface area (Å²) < 4.78 is 38.8. The average molecular weight is 273 g/mol. The maximum Gasteiger partial charge on any atom is 0.418 e. The van der Waals surface area contributed by atoms with Crippen LogP contribution in [0.4, 0.5) is 24.5 Å². The molecule has 1 aromatic rings. The van der Waals surface area contributed by atoms with Gasteiger partial charge in [-0.25, -0.2) is 0 Å². The van der Waals surface area contributed by atoms with Gasteiger partial charge in [0.1, 0.15) is 0 Å². The van der Waals surface area contributed by atoms with E-state index in [1.54, 1.807) is 0 Å². The molecule has 0 amide bonds. The lowest BCUT2D eigenvalue weighted by Crippen LogP contribution is -2.37. The number of hydrogen-bond donors (Lipinski definition) is 2. The van der Waals surface area contributed by atoms with Crippen LogP contribution in [0.25, 0.3) is 0 Å². The van der Waals surface area contributed by atoms with Crippen molar-refractivity contribution in [2.45, 2.75) is 25.1 Å². The van der Waals surface area contributed by atoms with E-state index in [2.05, 4.69) is 10.2 Å². The van der Waals surface area contributed by atoms with Crippen LogP contribution < -0.4 is 11.1 Å². The van der Waals surface area contributed by atoms with Crippen LogP contribution in [0.3, 0.4) is 0 Å². The Balaban J connectivity index is 2.16. The van der Waals surface area contributed by atoms with Gasteiger partial charge in [0.05, 0.1) is 5.56 Å². The summed E-state index contributed by atoms with van der Waals surface area (Å²) in [4.78, 5) is 2.17. The van der Waals surface area contributed by atoms with E-state index < -0.39 is 11.7 Å². The highest BCUT2D eigenvalue weighted by Gasteiger charge is 2.34. The van der Waals surface area contributed by atoms with Gasteiger partial charge in [0.2, 0.25) is 0 Å². The number of nitrogens with two attached hydrogens (primary N) is 1. The smallest absolute Gasteiger partial charge is 0.399 e. The lowest BCUT2D eigenvalue weighted by molar-refractivity contribution is -0.136. The van der Waals surface area contributed by atoms with Crippen molar-refractivity contribution in [1.82, 2.24) is 4.90 Å². The highest BCUT2D eigenvalue weighted by molar-refractivity contribution is 5.59. The molecule has 3 N–H and O–H groups in total. The number of rotatable bonds is 2. The number of benzene rings is 1. The van der Waals surface area contributed by atoms with Crippen LogP contribution in [0, 0.1) is 0 Å². The quantitative estimate of drug-likeness (QED) is 0.814. The maximum atomic E-state index is 12.9. The Bertz CT molecular complexity index is 437. The first kappa shape index (κ1) is 14.0. The fourth-order valence-electron chi connectivity index (χ4n) is 2.30. The molecule has 3 nitrogen and oxygen atoms in total. The molecule has 0 saturated carbocycles. The first-order valence-corrected chi connectivity index (χ1v) is 6.28. The number of anilines is 2. The van der Waals surface area contributed by atoms with Gasteiger partial charge in [-0.3, -0.25) is 0 Å². The predicted molar refractivity (Wildman–Crippen MR) is 70.0 cm³/mol. The Labute approximate surface area is 110 Å². The molecule has 0 unspecified atom stereocenters. The van der Waals surface area contributed by atoms with Gasteiger partial charge >= 0.3 is 6.18 Å². The number of nitrogens with one attached hydrogen (secondary N) is 1. The molecule has 0 bridgehead atoms. The minimum atomic E-state index is -4.39. The van der Waals surface area contributed by atoms with Crippen molar-refractivity contribution in [1.29, 1.82) is 0 Å². The number of nitrogens with zero attached hydrogens (tertiary/aromatic N) is 1. The van der Waals surface area contributed by atoms with Crippen LogP contribution in [0.15, 0.2) is 18.2 Å². The molecule has 1 saturated heterocycles. The highest BCUT2D eigenvalue weighted by atomic mass is 19.4. The predicted octanol–water partition coefficient (Wildman–Crippen LogP) is 2.79. The Morgan fingerprint density at radius 3 is 2.47 bits per heavy atom. The molecule has 1 fully saturated rings.